The summed E-state index contributed by atoms with van der Waals surface area (Å²) in [7, 11) is -1.93. The summed E-state index contributed by atoms with van der Waals surface area (Å²) in [5.74, 6) is 1.62. The van der Waals surface area contributed by atoms with Gasteiger partial charge >= 0.3 is 0 Å². The molecule has 0 aromatic heterocycles. The molecule has 18 heavy (non-hydrogen) atoms. The lowest BCUT2D eigenvalue weighted by Gasteiger charge is -2.26. The number of hydrogen-bond acceptors (Lipinski definition) is 6. The maximum Gasteiger partial charge on any atom is 0.264 e. The average molecular weight is 274 g/mol. The summed E-state index contributed by atoms with van der Waals surface area (Å²) >= 11 is 0. The summed E-state index contributed by atoms with van der Waals surface area (Å²) in [5, 5.41) is 0. The van der Waals surface area contributed by atoms with Crippen LogP contribution in [0.4, 0.5) is 0 Å². The van der Waals surface area contributed by atoms with Gasteiger partial charge in [0.05, 0.1) is 13.4 Å². The van der Waals surface area contributed by atoms with E-state index < -0.39 is 16.2 Å². The highest BCUT2D eigenvalue weighted by Gasteiger charge is 2.25. The summed E-state index contributed by atoms with van der Waals surface area (Å²) < 4.78 is 42.6. The van der Waals surface area contributed by atoms with Crippen molar-refractivity contribution in [3.8, 4) is 17.2 Å². The third-order valence-corrected chi connectivity index (χ3v) is 2.90. The fraction of sp³-hybridized carbons (Fsp3) is 0.455. The minimum Gasteiger partial charge on any atom is -0.493 e. The molecular formula is C11H14O6S. The van der Waals surface area contributed by atoms with Crippen LogP contribution in [0.5, 0.6) is 17.2 Å². The van der Waals surface area contributed by atoms with Gasteiger partial charge in [-0.2, -0.15) is 8.42 Å². The SMILES string of the molecule is COc1cccc2c1OCC(COS(C)(=O)=O)O2. The molecule has 0 bridgehead atoms. The Morgan fingerprint density at radius 1 is 1.44 bits per heavy atom. The minimum absolute atomic E-state index is 0.0739. The van der Waals surface area contributed by atoms with E-state index in [4.69, 9.17) is 14.2 Å². The monoisotopic (exact) mass is 274 g/mol. The average Bonchev–Trinajstić information content (AvgIpc) is 2.34. The maximum absolute atomic E-state index is 10.9. The van der Waals surface area contributed by atoms with Gasteiger partial charge in [-0.05, 0) is 12.1 Å². The molecule has 0 N–H and O–H groups in total. The highest BCUT2D eigenvalue weighted by Crippen LogP contribution is 2.39. The van der Waals surface area contributed by atoms with Crippen LogP contribution in [0, 0.1) is 0 Å². The van der Waals surface area contributed by atoms with Gasteiger partial charge in [-0.15, -0.1) is 0 Å². The molecule has 0 saturated carbocycles. The summed E-state index contributed by atoms with van der Waals surface area (Å²) in [4.78, 5) is 0. The molecule has 1 aliphatic rings. The summed E-state index contributed by atoms with van der Waals surface area (Å²) in [6.07, 6.45) is 0.535. The minimum atomic E-state index is -3.47. The van der Waals surface area contributed by atoms with E-state index in [1.165, 1.54) is 7.11 Å². The molecule has 1 atom stereocenters. The van der Waals surface area contributed by atoms with E-state index in [2.05, 4.69) is 4.18 Å². The fourth-order valence-corrected chi connectivity index (χ4v) is 1.96. The summed E-state index contributed by atoms with van der Waals surface area (Å²) in [6.45, 7) is 0.137. The molecule has 2 rings (SSSR count). The van der Waals surface area contributed by atoms with Crippen molar-refractivity contribution in [1.82, 2.24) is 0 Å². The number of ether oxygens (including phenoxy) is 3. The zero-order valence-electron chi connectivity index (χ0n) is 10.1. The first-order chi connectivity index (χ1) is 8.49. The van der Waals surface area contributed by atoms with E-state index in [9.17, 15) is 8.42 Å². The number of fused-ring (bicyclic) bond motifs is 1. The van der Waals surface area contributed by atoms with E-state index in [1.807, 2.05) is 0 Å². The molecule has 1 unspecified atom stereocenters. The van der Waals surface area contributed by atoms with Gasteiger partial charge in [0.15, 0.2) is 17.6 Å². The van der Waals surface area contributed by atoms with E-state index in [1.54, 1.807) is 18.2 Å². The molecule has 1 aromatic rings. The smallest absolute Gasteiger partial charge is 0.264 e. The van der Waals surface area contributed by atoms with Crippen molar-refractivity contribution in [3.63, 3.8) is 0 Å². The normalized spacial score (nSPS) is 18.4. The van der Waals surface area contributed by atoms with E-state index in [0.29, 0.717) is 17.2 Å². The van der Waals surface area contributed by atoms with Crippen LogP contribution in [-0.2, 0) is 14.3 Å². The number of methoxy groups -OCH3 is 1. The first-order valence-electron chi connectivity index (χ1n) is 5.30. The Labute approximate surface area is 106 Å². The first-order valence-corrected chi connectivity index (χ1v) is 7.12. The maximum atomic E-state index is 10.9. The molecule has 0 amide bonds. The number of rotatable bonds is 4. The van der Waals surface area contributed by atoms with Gasteiger partial charge in [0.1, 0.15) is 13.2 Å². The molecule has 1 heterocycles. The third-order valence-electron chi connectivity index (χ3n) is 2.34. The molecular weight excluding hydrogens is 260 g/mol. The predicted molar refractivity (Wildman–Crippen MR) is 63.7 cm³/mol. The second kappa shape index (κ2) is 5.03. The lowest BCUT2D eigenvalue weighted by atomic mass is 10.2. The quantitative estimate of drug-likeness (QED) is 0.757. The van der Waals surface area contributed by atoms with Crippen LogP contribution in [0.15, 0.2) is 18.2 Å². The highest BCUT2D eigenvalue weighted by molar-refractivity contribution is 7.85. The lowest BCUT2D eigenvalue weighted by Crippen LogP contribution is -2.34. The Kier molecular flexibility index (Phi) is 3.63. The zero-order chi connectivity index (χ0) is 13.2. The van der Waals surface area contributed by atoms with Crippen molar-refractivity contribution in [2.75, 3.05) is 26.6 Å². The second-order valence-electron chi connectivity index (χ2n) is 3.83. The molecule has 0 saturated heterocycles. The summed E-state index contributed by atoms with van der Waals surface area (Å²) in [5.41, 5.74) is 0. The van der Waals surface area contributed by atoms with Gasteiger partial charge in [-0.3, -0.25) is 4.18 Å². The molecule has 7 heteroatoms. The van der Waals surface area contributed by atoms with Crippen molar-refractivity contribution in [3.05, 3.63) is 18.2 Å². The Morgan fingerprint density at radius 2 is 2.22 bits per heavy atom. The van der Waals surface area contributed by atoms with Gasteiger partial charge in [-0.25, -0.2) is 0 Å². The Balaban J connectivity index is 2.06. The van der Waals surface area contributed by atoms with E-state index in [-0.39, 0.29) is 13.2 Å². The standard InChI is InChI=1S/C11H14O6S/c1-14-9-4-3-5-10-11(9)15-6-8(17-10)7-16-18(2,12)13/h3-5,8H,6-7H2,1-2H3. The number of benzene rings is 1. The van der Waals surface area contributed by atoms with E-state index >= 15 is 0 Å². The zero-order valence-corrected chi connectivity index (χ0v) is 10.9. The molecule has 0 fully saturated rings. The van der Waals surface area contributed by atoms with Crippen molar-refractivity contribution < 1.29 is 26.8 Å². The molecule has 1 aromatic carbocycles. The van der Waals surface area contributed by atoms with Crippen molar-refractivity contribution in [2.24, 2.45) is 0 Å². The number of hydrogen-bond donors (Lipinski definition) is 0. The van der Waals surface area contributed by atoms with Crippen molar-refractivity contribution in [1.29, 1.82) is 0 Å². The fourth-order valence-electron chi connectivity index (χ4n) is 1.56. The predicted octanol–water partition coefficient (Wildman–Crippen LogP) is 0.811. The topological polar surface area (TPSA) is 71.1 Å². The highest BCUT2D eigenvalue weighted by atomic mass is 32.2. The van der Waals surface area contributed by atoms with Crippen LogP contribution in [0.1, 0.15) is 0 Å². The number of para-hydroxylation sites is 1. The van der Waals surface area contributed by atoms with Crippen LogP contribution in [0.2, 0.25) is 0 Å². The third kappa shape index (κ3) is 3.05. The van der Waals surface area contributed by atoms with Crippen LogP contribution in [-0.4, -0.2) is 41.1 Å². The molecule has 1 aliphatic heterocycles. The summed E-state index contributed by atoms with van der Waals surface area (Å²) in [6, 6.07) is 5.25. The van der Waals surface area contributed by atoms with E-state index in [0.717, 1.165) is 6.26 Å². The molecule has 6 nitrogen and oxygen atoms in total. The molecule has 0 radical (unpaired) electrons. The Bertz CT molecular complexity index is 524. The van der Waals surface area contributed by atoms with Crippen LogP contribution in [0.3, 0.4) is 0 Å². The first kappa shape index (κ1) is 13.0. The van der Waals surface area contributed by atoms with Crippen LogP contribution >= 0.6 is 0 Å². The van der Waals surface area contributed by atoms with Crippen LogP contribution in [0.25, 0.3) is 0 Å². The largest absolute Gasteiger partial charge is 0.493 e. The van der Waals surface area contributed by atoms with Crippen molar-refractivity contribution in [2.45, 2.75) is 6.10 Å². The van der Waals surface area contributed by atoms with Crippen LogP contribution < -0.4 is 14.2 Å². The second-order valence-corrected chi connectivity index (χ2v) is 5.47. The lowest BCUT2D eigenvalue weighted by molar-refractivity contribution is 0.0537. The van der Waals surface area contributed by atoms with Crippen molar-refractivity contribution >= 4 is 10.1 Å². The van der Waals surface area contributed by atoms with Gasteiger partial charge in [0.25, 0.3) is 10.1 Å². The molecule has 0 spiro atoms. The molecule has 0 aliphatic carbocycles. The van der Waals surface area contributed by atoms with Gasteiger partial charge in [0, 0.05) is 0 Å². The Morgan fingerprint density at radius 3 is 2.89 bits per heavy atom. The van der Waals surface area contributed by atoms with Gasteiger partial charge < -0.3 is 14.2 Å². The molecule has 100 valence electrons. The Hall–Kier alpha value is -1.47. The van der Waals surface area contributed by atoms with Gasteiger partial charge in [0.2, 0.25) is 5.75 Å². The van der Waals surface area contributed by atoms with Gasteiger partial charge in [-0.1, -0.05) is 6.07 Å².